The molecule has 0 amide bonds. The summed E-state index contributed by atoms with van der Waals surface area (Å²) >= 11 is 0. The van der Waals surface area contributed by atoms with Crippen molar-refractivity contribution in [1.29, 1.82) is 0 Å². The Balaban J connectivity index is 1.08. The van der Waals surface area contributed by atoms with E-state index in [0.717, 1.165) is 22.7 Å². The Morgan fingerprint density at radius 2 is 0.821 bits per heavy atom. The first-order chi connectivity index (χ1) is 27.8. The van der Waals surface area contributed by atoms with Crippen molar-refractivity contribution in [3.05, 3.63) is 218 Å². The second kappa shape index (κ2) is 13.2. The van der Waals surface area contributed by atoms with Gasteiger partial charge in [0.15, 0.2) is 0 Å². The van der Waals surface area contributed by atoms with Crippen LogP contribution in [-0.4, -0.2) is 4.57 Å². The molecule has 0 radical (unpaired) electrons. The molecule has 11 rings (SSSR count). The standard InChI is InChI=1S/C54H36N2/c1-3-12-37(13-4-1)38-24-30-44(31-25-38)55(53-21-11-19-50-49-18-9-10-20-52(49)56(54(50)53)43-15-5-2-6-16-43)45-32-26-39(27-33-45)42-23-22-41-29-34-47-46-17-8-7-14-40(46)28-35-48(47)51(41)36-42/h1-36H. The van der Waals surface area contributed by atoms with Gasteiger partial charge in [-0.1, -0.05) is 164 Å². The van der Waals surface area contributed by atoms with Crippen LogP contribution in [0.2, 0.25) is 0 Å². The third-order valence-corrected chi connectivity index (χ3v) is 11.4. The molecule has 56 heavy (non-hydrogen) atoms. The SMILES string of the molecule is c1ccc(-c2ccc(N(c3ccc(-c4ccc5ccc6c7ccccc7ccc6c5c4)cc3)c3cccc4c5ccccc5n(-c5ccccc5)c34)cc2)cc1. The lowest BCUT2D eigenvalue weighted by Gasteiger charge is -2.27. The number of para-hydroxylation sites is 3. The van der Waals surface area contributed by atoms with Gasteiger partial charge in [-0.25, -0.2) is 0 Å². The van der Waals surface area contributed by atoms with Crippen molar-refractivity contribution in [3.63, 3.8) is 0 Å². The molecule has 10 aromatic carbocycles. The molecule has 2 nitrogen and oxygen atoms in total. The minimum Gasteiger partial charge on any atom is -0.308 e. The van der Waals surface area contributed by atoms with Crippen LogP contribution in [0, 0.1) is 0 Å². The predicted octanol–water partition coefficient (Wildman–Crippen LogP) is 15.0. The van der Waals surface area contributed by atoms with Crippen molar-refractivity contribution in [2.45, 2.75) is 0 Å². The molecule has 0 aliphatic heterocycles. The second-order valence-electron chi connectivity index (χ2n) is 14.5. The molecule has 0 saturated carbocycles. The van der Waals surface area contributed by atoms with Crippen LogP contribution < -0.4 is 4.90 Å². The fourth-order valence-corrected chi connectivity index (χ4v) is 8.69. The average Bonchev–Trinajstić information content (AvgIpc) is 3.62. The van der Waals surface area contributed by atoms with E-state index < -0.39 is 0 Å². The van der Waals surface area contributed by atoms with Crippen LogP contribution >= 0.6 is 0 Å². The lowest BCUT2D eigenvalue weighted by molar-refractivity contribution is 1.17. The average molecular weight is 713 g/mol. The zero-order valence-corrected chi connectivity index (χ0v) is 30.7. The number of hydrogen-bond donors (Lipinski definition) is 0. The van der Waals surface area contributed by atoms with Gasteiger partial charge in [0.25, 0.3) is 0 Å². The summed E-state index contributed by atoms with van der Waals surface area (Å²) in [7, 11) is 0. The molecule has 0 aliphatic rings. The van der Waals surface area contributed by atoms with Crippen molar-refractivity contribution < 1.29 is 0 Å². The lowest BCUT2D eigenvalue weighted by Crippen LogP contribution is -2.11. The third-order valence-electron chi connectivity index (χ3n) is 11.4. The van der Waals surface area contributed by atoms with Gasteiger partial charge in [0, 0.05) is 27.8 Å². The minimum atomic E-state index is 1.09. The van der Waals surface area contributed by atoms with Gasteiger partial charge in [-0.15, -0.1) is 0 Å². The summed E-state index contributed by atoms with van der Waals surface area (Å²) < 4.78 is 2.42. The van der Waals surface area contributed by atoms with Crippen molar-refractivity contribution in [1.82, 2.24) is 4.57 Å². The smallest absolute Gasteiger partial charge is 0.0782 e. The van der Waals surface area contributed by atoms with E-state index in [0.29, 0.717) is 0 Å². The summed E-state index contributed by atoms with van der Waals surface area (Å²) in [4.78, 5) is 2.41. The van der Waals surface area contributed by atoms with Crippen LogP contribution in [0.4, 0.5) is 17.1 Å². The Labute approximate surface area is 325 Å². The second-order valence-corrected chi connectivity index (χ2v) is 14.5. The van der Waals surface area contributed by atoms with Gasteiger partial charge in [0.2, 0.25) is 0 Å². The summed E-state index contributed by atoms with van der Waals surface area (Å²) in [5, 5.41) is 10.1. The van der Waals surface area contributed by atoms with Crippen molar-refractivity contribution in [2.75, 3.05) is 4.90 Å². The van der Waals surface area contributed by atoms with E-state index in [9.17, 15) is 0 Å². The lowest BCUT2D eigenvalue weighted by atomic mass is 9.94. The van der Waals surface area contributed by atoms with Crippen LogP contribution in [0.25, 0.3) is 82.1 Å². The molecule has 0 saturated heterocycles. The van der Waals surface area contributed by atoms with Gasteiger partial charge in [-0.05, 0) is 109 Å². The fourth-order valence-electron chi connectivity index (χ4n) is 8.69. The van der Waals surface area contributed by atoms with E-state index in [1.807, 2.05) is 0 Å². The molecule has 0 fully saturated rings. The fraction of sp³-hybridized carbons (Fsp3) is 0. The van der Waals surface area contributed by atoms with Gasteiger partial charge in [-0.3, -0.25) is 0 Å². The summed E-state index contributed by atoms with van der Waals surface area (Å²) in [6.45, 7) is 0. The van der Waals surface area contributed by atoms with E-state index in [2.05, 4.69) is 228 Å². The Kier molecular flexibility index (Phi) is 7.53. The molecule has 0 bridgehead atoms. The molecule has 1 aromatic heterocycles. The molecule has 11 aromatic rings. The molecular weight excluding hydrogens is 677 g/mol. The van der Waals surface area contributed by atoms with Crippen molar-refractivity contribution in [3.8, 4) is 27.9 Å². The number of rotatable bonds is 6. The molecule has 0 N–H and O–H groups in total. The van der Waals surface area contributed by atoms with Crippen molar-refractivity contribution >= 4 is 71.2 Å². The van der Waals surface area contributed by atoms with Crippen LogP contribution in [0.3, 0.4) is 0 Å². The number of hydrogen-bond acceptors (Lipinski definition) is 1. The highest BCUT2D eigenvalue weighted by Crippen LogP contribution is 2.44. The van der Waals surface area contributed by atoms with Gasteiger partial charge >= 0.3 is 0 Å². The Bertz CT molecular complexity index is 3210. The molecule has 0 spiro atoms. The zero-order valence-electron chi connectivity index (χ0n) is 30.7. The third kappa shape index (κ3) is 5.26. The largest absolute Gasteiger partial charge is 0.308 e. The first kappa shape index (κ1) is 32.0. The van der Waals surface area contributed by atoms with Gasteiger partial charge in [0.05, 0.1) is 16.7 Å². The topological polar surface area (TPSA) is 8.17 Å². The van der Waals surface area contributed by atoms with E-state index in [1.165, 1.54) is 76.4 Å². The maximum Gasteiger partial charge on any atom is 0.0782 e. The highest BCUT2D eigenvalue weighted by Gasteiger charge is 2.21. The summed E-state index contributed by atoms with van der Waals surface area (Å²) in [5.41, 5.74) is 11.6. The molecule has 0 atom stereocenters. The highest BCUT2D eigenvalue weighted by molar-refractivity contribution is 6.18. The predicted molar refractivity (Wildman–Crippen MR) is 239 cm³/mol. The van der Waals surface area contributed by atoms with Crippen molar-refractivity contribution in [2.24, 2.45) is 0 Å². The number of anilines is 3. The Morgan fingerprint density at radius 1 is 0.304 bits per heavy atom. The number of fused-ring (bicyclic) bond motifs is 8. The van der Waals surface area contributed by atoms with Crippen LogP contribution in [-0.2, 0) is 0 Å². The Morgan fingerprint density at radius 3 is 1.55 bits per heavy atom. The quantitative estimate of drug-likeness (QED) is 0.156. The summed E-state index contributed by atoms with van der Waals surface area (Å²) in [6.07, 6.45) is 0. The number of benzene rings is 10. The van der Waals surface area contributed by atoms with Gasteiger partial charge in [-0.2, -0.15) is 0 Å². The molecule has 1 heterocycles. The molecule has 2 heteroatoms. The Hall–Kier alpha value is -7.42. The van der Waals surface area contributed by atoms with E-state index in [-0.39, 0.29) is 0 Å². The highest BCUT2D eigenvalue weighted by atomic mass is 15.2. The maximum atomic E-state index is 2.42. The van der Waals surface area contributed by atoms with Crippen LogP contribution in [0.5, 0.6) is 0 Å². The molecule has 0 unspecified atom stereocenters. The molecular formula is C54H36N2. The summed E-state index contributed by atoms with van der Waals surface area (Å²) in [5.74, 6) is 0. The first-order valence-corrected chi connectivity index (χ1v) is 19.3. The number of nitrogens with zero attached hydrogens (tertiary/aromatic N) is 2. The monoisotopic (exact) mass is 712 g/mol. The molecule has 262 valence electrons. The van der Waals surface area contributed by atoms with Crippen LogP contribution in [0.15, 0.2) is 218 Å². The van der Waals surface area contributed by atoms with E-state index in [4.69, 9.17) is 0 Å². The maximum absolute atomic E-state index is 2.42. The summed E-state index contributed by atoms with van der Waals surface area (Å²) in [6, 6.07) is 79.5. The van der Waals surface area contributed by atoms with Crippen LogP contribution in [0.1, 0.15) is 0 Å². The van der Waals surface area contributed by atoms with E-state index in [1.54, 1.807) is 0 Å². The van der Waals surface area contributed by atoms with Gasteiger partial charge < -0.3 is 9.47 Å². The molecule has 0 aliphatic carbocycles. The number of aromatic nitrogens is 1. The normalized spacial score (nSPS) is 11.6. The van der Waals surface area contributed by atoms with E-state index >= 15 is 0 Å². The zero-order chi connectivity index (χ0) is 37.0. The first-order valence-electron chi connectivity index (χ1n) is 19.3. The minimum absolute atomic E-state index is 1.09. The van der Waals surface area contributed by atoms with Gasteiger partial charge in [0.1, 0.15) is 0 Å².